The van der Waals surface area contributed by atoms with E-state index < -0.39 is 0 Å². The van der Waals surface area contributed by atoms with Gasteiger partial charge in [0.2, 0.25) is 5.91 Å². The van der Waals surface area contributed by atoms with Gasteiger partial charge in [-0.05, 0) is 54.8 Å². The first-order valence-corrected chi connectivity index (χ1v) is 6.47. The predicted octanol–water partition coefficient (Wildman–Crippen LogP) is 0.926. The van der Waals surface area contributed by atoms with Gasteiger partial charge >= 0.3 is 0 Å². The number of piperazine rings is 1. The number of hydrogen-bond donors (Lipinski definition) is 1. The van der Waals surface area contributed by atoms with E-state index in [0.29, 0.717) is 6.04 Å². The van der Waals surface area contributed by atoms with Gasteiger partial charge in [-0.15, -0.1) is 0 Å². The molecule has 17 heavy (non-hydrogen) atoms. The summed E-state index contributed by atoms with van der Waals surface area (Å²) in [6.07, 6.45) is 0.880. The van der Waals surface area contributed by atoms with E-state index in [1.54, 1.807) is 0 Å². The molecule has 1 N–H and O–H groups in total. The summed E-state index contributed by atoms with van der Waals surface area (Å²) >= 11 is 0. The number of hydrogen-bond acceptors (Lipinski definition) is 3. The van der Waals surface area contributed by atoms with Crippen molar-refractivity contribution in [1.82, 2.24) is 15.1 Å². The zero-order valence-electron chi connectivity index (χ0n) is 12.1. The van der Waals surface area contributed by atoms with Crippen LogP contribution in [0.25, 0.3) is 0 Å². The van der Waals surface area contributed by atoms with Gasteiger partial charge in [0, 0.05) is 18.1 Å². The number of nitrogens with one attached hydrogen (secondary N) is 1. The molecule has 1 saturated heterocycles. The standard InChI is InChI=1S/C13H27N3O/c1-10-9-15(6)11(7-8-14-5)12(17)16(10)13(2,3)4/h10-11,14H,7-9H2,1-6H3. The number of rotatable bonds is 3. The van der Waals surface area contributed by atoms with Crippen molar-refractivity contribution in [3.8, 4) is 0 Å². The van der Waals surface area contributed by atoms with Crippen LogP contribution in [0.5, 0.6) is 0 Å². The number of carbonyl (C=O) groups excluding carboxylic acids is 1. The topological polar surface area (TPSA) is 35.6 Å². The fraction of sp³-hybridized carbons (Fsp3) is 0.923. The van der Waals surface area contributed by atoms with Crippen molar-refractivity contribution in [2.45, 2.75) is 51.7 Å². The van der Waals surface area contributed by atoms with Crippen LogP contribution in [-0.2, 0) is 4.79 Å². The third kappa shape index (κ3) is 3.19. The Labute approximate surface area is 105 Å². The Hall–Kier alpha value is -0.610. The Morgan fingerprint density at radius 2 is 2.00 bits per heavy atom. The van der Waals surface area contributed by atoms with Crippen molar-refractivity contribution in [3.63, 3.8) is 0 Å². The maximum absolute atomic E-state index is 12.6. The van der Waals surface area contributed by atoms with Gasteiger partial charge in [0.05, 0.1) is 6.04 Å². The van der Waals surface area contributed by atoms with Crippen LogP contribution in [0.1, 0.15) is 34.1 Å². The summed E-state index contributed by atoms with van der Waals surface area (Å²) in [7, 11) is 3.98. The molecule has 0 saturated carbocycles. The number of amides is 1. The molecule has 1 fully saturated rings. The second-order valence-corrected chi connectivity index (χ2v) is 6.08. The molecule has 0 aromatic carbocycles. The summed E-state index contributed by atoms with van der Waals surface area (Å²) in [5.74, 6) is 0.272. The van der Waals surface area contributed by atoms with E-state index in [1.165, 1.54) is 0 Å². The second-order valence-electron chi connectivity index (χ2n) is 6.08. The van der Waals surface area contributed by atoms with E-state index in [2.05, 4.69) is 45.0 Å². The lowest BCUT2D eigenvalue weighted by Gasteiger charge is -2.49. The van der Waals surface area contributed by atoms with Crippen LogP contribution in [0.15, 0.2) is 0 Å². The lowest BCUT2D eigenvalue weighted by molar-refractivity contribution is -0.151. The lowest BCUT2D eigenvalue weighted by atomic mass is 9.96. The molecule has 0 spiro atoms. The highest BCUT2D eigenvalue weighted by molar-refractivity contribution is 5.83. The Bertz CT molecular complexity index is 272. The zero-order chi connectivity index (χ0) is 13.2. The first kappa shape index (κ1) is 14.5. The molecule has 4 nitrogen and oxygen atoms in total. The molecule has 0 aromatic rings. The van der Waals surface area contributed by atoms with Crippen LogP contribution in [0.3, 0.4) is 0 Å². The highest BCUT2D eigenvalue weighted by atomic mass is 16.2. The van der Waals surface area contributed by atoms with E-state index in [1.807, 2.05) is 11.9 Å². The molecule has 4 heteroatoms. The van der Waals surface area contributed by atoms with E-state index in [4.69, 9.17) is 0 Å². The second kappa shape index (κ2) is 5.36. The molecule has 1 amide bonds. The minimum atomic E-state index is -0.0876. The van der Waals surface area contributed by atoms with Gasteiger partial charge in [-0.1, -0.05) is 0 Å². The summed E-state index contributed by atoms with van der Waals surface area (Å²) in [6.45, 7) is 10.3. The molecule has 0 aromatic heterocycles. The first-order valence-electron chi connectivity index (χ1n) is 6.47. The summed E-state index contributed by atoms with van der Waals surface area (Å²) in [5.41, 5.74) is -0.0876. The van der Waals surface area contributed by atoms with Crippen LogP contribution in [0.4, 0.5) is 0 Å². The average molecular weight is 241 g/mol. The summed E-state index contributed by atoms with van der Waals surface area (Å²) < 4.78 is 0. The highest BCUT2D eigenvalue weighted by Gasteiger charge is 2.41. The molecular weight excluding hydrogens is 214 g/mol. The summed E-state index contributed by atoms with van der Waals surface area (Å²) in [5, 5.41) is 3.12. The largest absolute Gasteiger partial charge is 0.333 e. The number of likely N-dealkylation sites (N-methyl/N-ethyl adjacent to an activating group) is 1. The smallest absolute Gasteiger partial charge is 0.240 e. The number of nitrogens with zero attached hydrogens (tertiary/aromatic N) is 2. The molecule has 1 aliphatic rings. The van der Waals surface area contributed by atoms with Crippen molar-refractivity contribution in [3.05, 3.63) is 0 Å². The SMILES string of the molecule is CNCCC1C(=O)N(C(C)(C)C)C(C)CN1C. The Kier molecular flexibility index (Phi) is 4.55. The molecule has 100 valence electrons. The van der Waals surface area contributed by atoms with Crippen molar-refractivity contribution in [2.24, 2.45) is 0 Å². The highest BCUT2D eigenvalue weighted by Crippen LogP contribution is 2.25. The van der Waals surface area contributed by atoms with Gasteiger partial charge < -0.3 is 10.2 Å². The van der Waals surface area contributed by atoms with Gasteiger partial charge in [0.15, 0.2) is 0 Å². The Morgan fingerprint density at radius 3 is 2.47 bits per heavy atom. The quantitative estimate of drug-likeness (QED) is 0.798. The van der Waals surface area contributed by atoms with Crippen molar-refractivity contribution in [1.29, 1.82) is 0 Å². The number of carbonyl (C=O) groups is 1. The molecular formula is C13H27N3O. The van der Waals surface area contributed by atoms with E-state index >= 15 is 0 Å². The first-order chi connectivity index (χ1) is 7.79. The van der Waals surface area contributed by atoms with E-state index in [9.17, 15) is 4.79 Å². The average Bonchev–Trinajstić information content (AvgIpc) is 2.14. The van der Waals surface area contributed by atoms with Crippen molar-refractivity contribution in [2.75, 3.05) is 27.2 Å². The normalized spacial score (nSPS) is 27.6. The fourth-order valence-corrected chi connectivity index (χ4v) is 2.81. The minimum Gasteiger partial charge on any atom is -0.333 e. The molecule has 1 aliphatic heterocycles. The Morgan fingerprint density at radius 1 is 1.41 bits per heavy atom. The predicted molar refractivity (Wildman–Crippen MR) is 71.0 cm³/mol. The summed E-state index contributed by atoms with van der Waals surface area (Å²) in [6, 6.07) is 0.316. The molecule has 0 bridgehead atoms. The molecule has 0 aliphatic carbocycles. The molecule has 1 rings (SSSR count). The van der Waals surface area contributed by atoms with Crippen molar-refractivity contribution < 1.29 is 4.79 Å². The van der Waals surface area contributed by atoms with E-state index in [0.717, 1.165) is 19.5 Å². The van der Waals surface area contributed by atoms with Gasteiger partial charge in [-0.2, -0.15) is 0 Å². The molecule has 0 radical (unpaired) electrons. The van der Waals surface area contributed by atoms with Crippen molar-refractivity contribution >= 4 is 5.91 Å². The Balaban J connectivity index is 2.84. The van der Waals surface area contributed by atoms with Crippen LogP contribution < -0.4 is 5.32 Å². The third-order valence-electron chi connectivity index (χ3n) is 3.44. The minimum absolute atomic E-state index is 0.0258. The third-order valence-corrected chi connectivity index (χ3v) is 3.44. The molecule has 1 heterocycles. The zero-order valence-corrected chi connectivity index (χ0v) is 12.1. The molecule has 2 unspecified atom stereocenters. The van der Waals surface area contributed by atoms with Gasteiger partial charge in [0.1, 0.15) is 0 Å². The van der Waals surface area contributed by atoms with Crippen LogP contribution in [0.2, 0.25) is 0 Å². The fourth-order valence-electron chi connectivity index (χ4n) is 2.81. The van der Waals surface area contributed by atoms with Crippen LogP contribution in [-0.4, -0.2) is 60.5 Å². The van der Waals surface area contributed by atoms with Crippen LogP contribution >= 0.6 is 0 Å². The monoisotopic (exact) mass is 241 g/mol. The maximum atomic E-state index is 12.6. The lowest BCUT2D eigenvalue weighted by Crippen LogP contribution is -2.64. The van der Waals surface area contributed by atoms with Crippen LogP contribution in [0, 0.1) is 0 Å². The van der Waals surface area contributed by atoms with Gasteiger partial charge in [-0.25, -0.2) is 0 Å². The van der Waals surface area contributed by atoms with Gasteiger partial charge in [0.25, 0.3) is 0 Å². The van der Waals surface area contributed by atoms with E-state index in [-0.39, 0.29) is 17.5 Å². The summed E-state index contributed by atoms with van der Waals surface area (Å²) in [4.78, 5) is 16.8. The molecule has 2 atom stereocenters. The van der Waals surface area contributed by atoms with Gasteiger partial charge in [-0.3, -0.25) is 9.69 Å². The maximum Gasteiger partial charge on any atom is 0.240 e.